The Morgan fingerprint density at radius 2 is 2.25 bits per heavy atom. The van der Waals surface area contributed by atoms with E-state index in [1.165, 1.54) is 13.2 Å². The van der Waals surface area contributed by atoms with Crippen LogP contribution in [0.2, 0.25) is 0 Å². The normalized spacial score (nSPS) is 9.62. The first-order valence-corrected chi connectivity index (χ1v) is 5.41. The van der Waals surface area contributed by atoms with Gasteiger partial charge in [0, 0.05) is 5.88 Å². The quantitative estimate of drug-likeness (QED) is 0.600. The third-order valence-corrected chi connectivity index (χ3v) is 2.66. The molecule has 0 fully saturated rings. The van der Waals surface area contributed by atoms with Crippen molar-refractivity contribution in [2.24, 2.45) is 0 Å². The molecule has 0 heterocycles. The van der Waals surface area contributed by atoms with Gasteiger partial charge >= 0.3 is 5.97 Å². The smallest absolute Gasteiger partial charge is 0.338 e. The number of nitriles is 1. The van der Waals surface area contributed by atoms with Gasteiger partial charge in [0.25, 0.3) is 0 Å². The monoisotopic (exact) mass is 237 g/mol. The zero-order valence-corrected chi connectivity index (χ0v) is 9.97. The minimum atomic E-state index is -0.456. The number of rotatable bonds is 3. The predicted molar refractivity (Wildman–Crippen MR) is 61.4 cm³/mol. The van der Waals surface area contributed by atoms with Gasteiger partial charge in [-0.05, 0) is 29.7 Å². The zero-order chi connectivity index (χ0) is 12.1. The van der Waals surface area contributed by atoms with Crippen molar-refractivity contribution in [1.82, 2.24) is 0 Å². The van der Waals surface area contributed by atoms with Crippen LogP contribution < -0.4 is 0 Å². The van der Waals surface area contributed by atoms with Gasteiger partial charge in [0.05, 0.1) is 24.3 Å². The van der Waals surface area contributed by atoms with E-state index in [0.29, 0.717) is 11.1 Å². The standard InChI is InChI=1S/C12H12ClNO2/c1-3-9-4-8(7-14)5-10(11(9)6-13)12(15)16-2/h4-5H,3,6H2,1-2H3. The number of methoxy groups -OCH3 is 1. The van der Waals surface area contributed by atoms with Gasteiger partial charge in [0.1, 0.15) is 0 Å². The zero-order valence-electron chi connectivity index (χ0n) is 9.21. The van der Waals surface area contributed by atoms with Gasteiger partial charge in [0.2, 0.25) is 0 Å². The second-order valence-electron chi connectivity index (χ2n) is 3.25. The van der Waals surface area contributed by atoms with E-state index >= 15 is 0 Å². The molecular formula is C12H12ClNO2. The minimum absolute atomic E-state index is 0.235. The van der Waals surface area contributed by atoms with E-state index in [4.69, 9.17) is 16.9 Å². The molecule has 1 rings (SSSR count). The molecule has 1 aromatic rings. The molecule has 16 heavy (non-hydrogen) atoms. The SMILES string of the molecule is CCc1cc(C#N)cc(C(=O)OC)c1CCl. The molecule has 0 saturated carbocycles. The van der Waals surface area contributed by atoms with Crippen molar-refractivity contribution in [2.75, 3.05) is 7.11 Å². The highest BCUT2D eigenvalue weighted by Gasteiger charge is 2.15. The molecule has 0 bridgehead atoms. The van der Waals surface area contributed by atoms with Crippen molar-refractivity contribution >= 4 is 17.6 Å². The molecule has 0 aliphatic carbocycles. The molecule has 3 nitrogen and oxygen atoms in total. The van der Waals surface area contributed by atoms with Crippen LogP contribution in [0.4, 0.5) is 0 Å². The first-order chi connectivity index (χ1) is 7.67. The van der Waals surface area contributed by atoms with Crippen molar-refractivity contribution in [3.8, 4) is 6.07 Å². The molecule has 4 heteroatoms. The molecule has 0 atom stereocenters. The van der Waals surface area contributed by atoms with E-state index < -0.39 is 5.97 Å². The van der Waals surface area contributed by atoms with Crippen LogP contribution in [0.15, 0.2) is 12.1 Å². The number of aryl methyl sites for hydroxylation is 1. The maximum absolute atomic E-state index is 11.5. The number of benzene rings is 1. The van der Waals surface area contributed by atoms with Crippen LogP contribution in [-0.4, -0.2) is 13.1 Å². The Balaban J connectivity index is 3.44. The summed E-state index contributed by atoms with van der Waals surface area (Å²) in [7, 11) is 1.31. The third kappa shape index (κ3) is 2.34. The van der Waals surface area contributed by atoms with Gasteiger partial charge in [-0.2, -0.15) is 5.26 Å². The second-order valence-corrected chi connectivity index (χ2v) is 3.52. The van der Waals surface area contributed by atoms with E-state index in [2.05, 4.69) is 4.74 Å². The van der Waals surface area contributed by atoms with E-state index in [0.717, 1.165) is 17.5 Å². The number of alkyl halides is 1. The number of carbonyl (C=O) groups is 1. The Bertz CT molecular complexity index is 449. The molecule has 0 aromatic heterocycles. The Hall–Kier alpha value is -1.53. The van der Waals surface area contributed by atoms with Gasteiger partial charge in [-0.1, -0.05) is 6.92 Å². The summed E-state index contributed by atoms with van der Waals surface area (Å²) in [6.07, 6.45) is 0.724. The van der Waals surface area contributed by atoms with E-state index in [1.807, 2.05) is 13.0 Å². The molecule has 0 amide bonds. The van der Waals surface area contributed by atoms with Gasteiger partial charge in [-0.3, -0.25) is 0 Å². The lowest BCUT2D eigenvalue weighted by Gasteiger charge is -2.10. The summed E-state index contributed by atoms with van der Waals surface area (Å²) in [5.74, 6) is -0.221. The van der Waals surface area contributed by atoms with Crippen LogP contribution in [0.5, 0.6) is 0 Å². The summed E-state index contributed by atoms with van der Waals surface area (Å²) in [5.41, 5.74) is 2.49. The lowest BCUT2D eigenvalue weighted by atomic mass is 9.97. The van der Waals surface area contributed by atoms with Gasteiger partial charge < -0.3 is 4.74 Å². The predicted octanol–water partition coefficient (Wildman–Crippen LogP) is 2.65. The largest absolute Gasteiger partial charge is 0.465 e. The lowest BCUT2D eigenvalue weighted by molar-refractivity contribution is 0.0599. The summed E-state index contributed by atoms with van der Waals surface area (Å²) in [4.78, 5) is 11.5. The Kier molecular flexibility index (Phi) is 4.33. The van der Waals surface area contributed by atoms with Crippen molar-refractivity contribution < 1.29 is 9.53 Å². The van der Waals surface area contributed by atoms with Crippen LogP contribution in [-0.2, 0) is 17.0 Å². The third-order valence-electron chi connectivity index (χ3n) is 2.39. The summed E-state index contributed by atoms with van der Waals surface area (Å²) in [6.45, 7) is 1.95. The van der Waals surface area contributed by atoms with Gasteiger partial charge in [-0.25, -0.2) is 4.79 Å². The van der Waals surface area contributed by atoms with E-state index in [9.17, 15) is 4.79 Å². The number of ether oxygens (including phenoxy) is 1. The highest BCUT2D eigenvalue weighted by Crippen LogP contribution is 2.21. The molecule has 0 N–H and O–H groups in total. The molecule has 0 aliphatic heterocycles. The Morgan fingerprint density at radius 1 is 1.56 bits per heavy atom. The maximum atomic E-state index is 11.5. The van der Waals surface area contributed by atoms with Crippen LogP contribution in [0, 0.1) is 11.3 Å². The van der Waals surface area contributed by atoms with Crippen molar-refractivity contribution in [2.45, 2.75) is 19.2 Å². The topological polar surface area (TPSA) is 50.1 Å². The van der Waals surface area contributed by atoms with Crippen molar-refractivity contribution in [3.63, 3.8) is 0 Å². The molecule has 0 unspecified atom stereocenters. The fourth-order valence-electron chi connectivity index (χ4n) is 1.56. The molecule has 0 radical (unpaired) electrons. The summed E-state index contributed by atoms with van der Waals surface area (Å²) >= 11 is 5.82. The molecular weight excluding hydrogens is 226 g/mol. The molecule has 0 aliphatic rings. The Labute approximate surface area is 99.6 Å². The number of esters is 1. The fourth-order valence-corrected chi connectivity index (χ4v) is 1.88. The number of nitrogens with zero attached hydrogens (tertiary/aromatic N) is 1. The maximum Gasteiger partial charge on any atom is 0.338 e. The van der Waals surface area contributed by atoms with Crippen molar-refractivity contribution in [3.05, 3.63) is 34.4 Å². The van der Waals surface area contributed by atoms with E-state index in [-0.39, 0.29) is 5.88 Å². The average molecular weight is 238 g/mol. The summed E-state index contributed by atoms with van der Waals surface area (Å²) in [5, 5.41) is 8.86. The fraction of sp³-hybridized carbons (Fsp3) is 0.333. The number of halogens is 1. The first-order valence-electron chi connectivity index (χ1n) is 4.88. The highest BCUT2D eigenvalue weighted by molar-refractivity contribution is 6.17. The summed E-state index contributed by atoms with van der Waals surface area (Å²) in [6, 6.07) is 5.29. The molecule has 1 aromatic carbocycles. The summed E-state index contributed by atoms with van der Waals surface area (Å²) < 4.78 is 4.67. The average Bonchev–Trinajstić information content (AvgIpc) is 2.35. The molecule has 84 valence electrons. The van der Waals surface area contributed by atoms with Gasteiger partial charge in [0.15, 0.2) is 0 Å². The van der Waals surface area contributed by atoms with Crippen LogP contribution in [0.1, 0.15) is 34.0 Å². The highest BCUT2D eigenvalue weighted by atomic mass is 35.5. The first kappa shape index (κ1) is 12.5. The molecule has 0 spiro atoms. The number of carbonyl (C=O) groups excluding carboxylic acids is 1. The minimum Gasteiger partial charge on any atom is -0.465 e. The van der Waals surface area contributed by atoms with Crippen molar-refractivity contribution in [1.29, 1.82) is 5.26 Å². The van der Waals surface area contributed by atoms with Gasteiger partial charge in [-0.15, -0.1) is 11.6 Å². The van der Waals surface area contributed by atoms with E-state index in [1.54, 1.807) is 6.07 Å². The Morgan fingerprint density at radius 3 is 2.69 bits per heavy atom. The van der Waals surface area contributed by atoms with Crippen LogP contribution >= 0.6 is 11.6 Å². The number of hydrogen-bond donors (Lipinski definition) is 0. The molecule has 0 saturated heterocycles. The van der Waals surface area contributed by atoms with Crippen LogP contribution in [0.25, 0.3) is 0 Å². The number of hydrogen-bond acceptors (Lipinski definition) is 3. The second kappa shape index (κ2) is 5.53. The van der Waals surface area contributed by atoms with Crippen LogP contribution in [0.3, 0.4) is 0 Å². The lowest BCUT2D eigenvalue weighted by Crippen LogP contribution is -2.08.